The Morgan fingerprint density at radius 2 is 1.60 bits per heavy atom. The van der Waals surface area contributed by atoms with Gasteiger partial charge in [0.05, 0.1) is 25.8 Å². The maximum absolute atomic E-state index is 13.4. The molecule has 0 saturated carbocycles. The molecule has 3 aromatic carbocycles. The van der Waals surface area contributed by atoms with Crippen LogP contribution < -0.4 is 14.4 Å². The van der Waals surface area contributed by atoms with Gasteiger partial charge in [0.1, 0.15) is 5.76 Å². The molecule has 180 valence electrons. The molecular formula is C29H29NO5. The van der Waals surface area contributed by atoms with Gasteiger partial charge in [-0.05, 0) is 54.3 Å². The molecule has 0 aliphatic carbocycles. The summed E-state index contributed by atoms with van der Waals surface area (Å²) < 4.78 is 10.7. The van der Waals surface area contributed by atoms with E-state index >= 15 is 0 Å². The third-order valence-electron chi connectivity index (χ3n) is 6.30. The first kappa shape index (κ1) is 24.1. The first-order valence-corrected chi connectivity index (χ1v) is 11.5. The van der Waals surface area contributed by atoms with Crippen molar-refractivity contribution < 1.29 is 24.2 Å². The summed E-state index contributed by atoms with van der Waals surface area (Å²) in [6, 6.07) is 19.3. The molecule has 1 aliphatic heterocycles. The van der Waals surface area contributed by atoms with Gasteiger partial charge in [0.25, 0.3) is 11.7 Å². The lowest BCUT2D eigenvalue weighted by Crippen LogP contribution is -2.29. The summed E-state index contributed by atoms with van der Waals surface area (Å²) in [5, 5.41) is 11.4. The highest BCUT2D eigenvalue weighted by Gasteiger charge is 2.47. The molecular weight excluding hydrogens is 442 g/mol. The number of nitrogens with zero attached hydrogens (tertiary/aromatic N) is 1. The van der Waals surface area contributed by atoms with Crippen molar-refractivity contribution in [1.82, 2.24) is 0 Å². The lowest BCUT2D eigenvalue weighted by atomic mass is 9.94. The highest BCUT2D eigenvalue weighted by atomic mass is 16.5. The van der Waals surface area contributed by atoms with Crippen LogP contribution in [0.4, 0.5) is 5.69 Å². The number of methoxy groups -OCH3 is 2. The standard InChI is InChI=1S/C29H29NO5/c1-17(2)19-9-12-22(13-10-19)30-26(20-8-6-7-18(3)15-20)25(28(32)29(30)33)27(31)21-11-14-23(34-4)24(16-21)35-5/h6-17,26,31H,1-5H3/b27-25-. The molecule has 4 rings (SSSR count). The highest BCUT2D eigenvalue weighted by Crippen LogP contribution is 2.43. The van der Waals surface area contributed by atoms with E-state index < -0.39 is 17.7 Å². The van der Waals surface area contributed by atoms with E-state index in [0.717, 1.165) is 16.7 Å². The molecule has 1 unspecified atom stereocenters. The summed E-state index contributed by atoms with van der Waals surface area (Å²) in [5.74, 6) is -0.464. The second-order valence-electron chi connectivity index (χ2n) is 8.90. The number of amides is 1. The first-order chi connectivity index (χ1) is 16.8. The van der Waals surface area contributed by atoms with Gasteiger partial charge in [0, 0.05) is 11.3 Å². The number of hydrogen-bond acceptors (Lipinski definition) is 5. The van der Waals surface area contributed by atoms with Gasteiger partial charge in [-0.3, -0.25) is 14.5 Å². The zero-order valence-electron chi connectivity index (χ0n) is 20.5. The number of benzene rings is 3. The first-order valence-electron chi connectivity index (χ1n) is 11.5. The van der Waals surface area contributed by atoms with Gasteiger partial charge in [0.15, 0.2) is 11.5 Å². The van der Waals surface area contributed by atoms with Gasteiger partial charge < -0.3 is 14.6 Å². The van der Waals surface area contributed by atoms with Gasteiger partial charge in [-0.25, -0.2) is 0 Å². The summed E-state index contributed by atoms with van der Waals surface area (Å²) in [5.41, 5.74) is 3.82. The number of anilines is 1. The van der Waals surface area contributed by atoms with Crippen LogP contribution in [0.3, 0.4) is 0 Å². The lowest BCUT2D eigenvalue weighted by Gasteiger charge is -2.26. The number of aliphatic hydroxyl groups excluding tert-OH is 1. The molecule has 35 heavy (non-hydrogen) atoms. The van der Waals surface area contributed by atoms with E-state index in [4.69, 9.17) is 9.47 Å². The summed E-state index contributed by atoms with van der Waals surface area (Å²) >= 11 is 0. The summed E-state index contributed by atoms with van der Waals surface area (Å²) in [6.07, 6.45) is 0. The van der Waals surface area contributed by atoms with Gasteiger partial charge in [-0.2, -0.15) is 0 Å². The van der Waals surface area contributed by atoms with E-state index in [1.165, 1.54) is 19.1 Å². The van der Waals surface area contributed by atoms with Gasteiger partial charge in [-0.1, -0.05) is 55.8 Å². The molecule has 3 aromatic rings. The predicted octanol–water partition coefficient (Wildman–Crippen LogP) is 5.76. The minimum absolute atomic E-state index is 0.0285. The Bertz CT molecular complexity index is 1310. The van der Waals surface area contributed by atoms with Crippen molar-refractivity contribution in [2.75, 3.05) is 19.1 Å². The number of ketones is 1. The van der Waals surface area contributed by atoms with E-state index in [-0.39, 0.29) is 11.3 Å². The Morgan fingerprint density at radius 3 is 2.20 bits per heavy atom. The van der Waals surface area contributed by atoms with Gasteiger partial charge >= 0.3 is 0 Å². The maximum Gasteiger partial charge on any atom is 0.300 e. The number of carbonyl (C=O) groups is 2. The topological polar surface area (TPSA) is 76.1 Å². The van der Waals surface area contributed by atoms with Crippen LogP contribution in [-0.2, 0) is 9.59 Å². The van der Waals surface area contributed by atoms with Gasteiger partial charge in [-0.15, -0.1) is 0 Å². The van der Waals surface area contributed by atoms with Crippen molar-refractivity contribution >= 4 is 23.1 Å². The molecule has 1 atom stereocenters. The van der Waals surface area contributed by atoms with Crippen LogP contribution in [0.2, 0.25) is 0 Å². The molecule has 1 N–H and O–H groups in total. The normalized spacial score (nSPS) is 17.2. The Morgan fingerprint density at radius 1 is 0.914 bits per heavy atom. The minimum Gasteiger partial charge on any atom is -0.507 e. The largest absolute Gasteiger partial charge is 0.507 e. The molecule has 0 radical (unpaired) electrons. The van der Waals surface area contributed by atoms with Crippen LogP contribution in [-0.4, -0.2) is 31.0 Å². The van der Waals surface area contributed by atoms with Crippen molar-refractivity contribution in [3.63, 3.8) is 0 Å². The van der Waals surface area contributed by atoms with Crippen molar-refractivity contribution in [3.8, 4) is 11.5 Å². The summed E-state index contributed by atoms with van der Waals surface area (Å²) in [6.45, 7) is 6.13. The number of carbonyl (C=O) groups excluding carboxylic acids is 2. The summed E-state index contributed by atoms with van der Waals surface area (Å²) in [4.78, 5) is 28.2. The van der Waals surface area contributed by atoms with Gasteiger partial charge in [0.2, 0.25) is 0 Å². The molecule has 0 bridgehead atoms. The van der Waals surface area contributed by atoms with Crippen molar-refractivity contribution in [2.24, 2.45) is 0 Å². The molecule has 0 aromatic heterocycles. The maximum atomic E-state index is 13.4. The quantitative estimate of drug-likeness (QED) is 0.281. The molecule has 1 heterocycles. The van der Waals surface area contributed by atoms with Crippen molar-refractivity contribution in [1.29, 1.82) is 0 Å². The van der Waals surface area contributed by atoms with E-state index in [1.807, 2.05) is 55.5 Å². The van der Waals surface area contributed by atoms with Crippen LogP contribution in [0, 0.1) is 6.92 Å². The molecule has 6 nitrogen and oxygen atoms in total. The molecule has 0 spiro atoms. The van der Waals surface area contributed by atoms with E-state index in [1.54, 1.807) is 18.2 Å². The number of ether oxygens (including phenoxy) is 2. The molecule has 6 heteroatoms. The second-order valence-corrected chi connectivity index (χ2v) is 8.90. The zero-order chi connectivity index (χ0) is 25.3. The zero-order valence-corrected chi connectivity index (χ0v) is 20.5. The fraction of sp³-hybridized carbons (Fsp3) is 0.241. The Balaban J connectivity index is 1.92. The van der Waals surface area contributed by atoms with Crippen LogP contribution >= 0.6 is 0 Å². The smallest absolute Gasteiger partial charge is 0.300 e. The van der Waals surface area contributed by atoms with Crippen LogP contribution in [0.15, 0.2) is 72.3 Å². The Labute approximate surface area is 205 Å². The Kier molecular flexibility index (Phi) is 6.65. The third-order valence-corrected chi connectivity index (χ3v) is 6.30. The Hall–Kier alpha value is -4.06. The van der Waals surface area contributed by atoms with E-state index in [9.17, 15) is 14.7 Å². The number of aryl methyl sites for hydroxylation is 1. The van der Waals surface area contributed by atoms with Crippen molar-refractivity contribution in [3.05, 3.63) is 94.6 Å². The number of rotatable bonds is 6. The van der Waals surface area contributed by atoms with Crippen LogP contribution in [0.25, 0.3) is 5.76 Å². The number of aliphatic hydroxyl groups is 1. The van der Waals surface area contributed by atoms with Crippen molar-refractivity contribution in [2.45, 2.75) is 32.7 Å². The van der Waals surface area contributed by atoms with Crippen LogP contribution in [0.5, 0.6) is 11.5 Å². The highest BCUT2D eigenvalue weighted by molar-refractivity contribution is 6.51. The average molecular weight is 472 g/mol. The lowest BCUT2D eigenvalue weighted by molar-refractivity contribution is -0.132. The van der Waals surface area contributed by atoms with Crippen LogP contribution in [0.1, 0.15) is 48.1 Å². The molecule has 1 saturated heterocycles. The summed E-state index contributed by atoms with van der Waals surface area (Å²) in [7, 11) is 3.01. The SMILES string of the molecule is COc1ccc(/C(O)=C2/C(=O)C(=O)N(c3ccc(C(C)C)cc3)C2c2cccc(C)c2)cc1OC. The average Bonchev–Trinajstić information content (AvgIpc) is 3.13. The number of Topliss-reactive ketones (excluding diaryl/α,β-unsaturated/α-hetero) is 1. The minimum atomic E-state index is -0.784. The molecule has 1 aliphatic rings. The van der Waals surface area contributed by atoms with E-state index in [2.05, 4.69) is 13.8 Å². The molecule has 1 fully saturated rings. The predicted molar refractivity (Wildman–Crippen MR) is 136 cm³/mol. The molecule has 1 amide bonds. The third kappa shape index (κ3) is 4.39. The second kappa shape index (κ2) is 9.66. The van der Waals surface area contributed by atoms with E-state index in [0.29, 0.717) is 28.7 Å². The monoisotopic (exact) mass is 471 g/mol. The fourth-order valence-electron chi connectivity index (χ4n) is 4.41. The number of hydrogen-bond donors (Lipinski definition) is 1. The fourth-order valence-corrected chi connectivity index (χ4v) is 4.41.